The summed E-state index contributed by atoms with van der Waals surface area (Å²) in [5, 5.41) is 6.19. The standard InChI is InChI=1S/C23H24N4O6/c1-3-32-23-18(12-19(28)33-23)26-20(29)13(2)27-10-6-9-16(22(27)31)25-21(30)17-11-14-7-4-5-8-15(14)24-17/h4-11,13,18,23-24H,3,12H2,1-2H3,(H,25,30)(H,26,29)/t13?,18-,23+/m0/s1. The molecule has 1 saturated heterocycles. The summed E-state index contributed by atoms with van der Waals surface area (Å²) < 4.78 is 11.6. The molecule has 0 spiro atoms. The predicted octanol–water partition coefficient (Wildman–Crippen LogP) is 1.94. The molecule has 10 nitrogen and oxygen atoms in total. The highest BCUT2D eigenvalue weighted by atomic mass is 16.7. The second-order valence-corrected chi connectivity index (χ2v) is 7.67. The molecule has 33 heavy (non-hydrogen) atoms. The van der Waals surface area contributed by atoms with E-state index in [-0.39, 0.29) is 12.1 Å². The smallest absolute Gasteiger partial charge is 0.310 e. The van der Waals surface area contributed by atoms with Crippen LogP contribution in [0.2, 0.25) is 0 Å². The van der Waals surface area contributed by atoms with Gasteiger partial charge in [-0.05, 0) is 38.1 Å². The van der Waals surface area contributed by atoms with Crippen molar-refractivity contribution in [3.05, 3.63) is 64.7 Å². The van der Waals surface area contributed by atoms with Gasteiger partial charge in [0.2, 0.25) is 12.2 Å². The Morgan fingerprint density at radius 3 is 2.79 bits per heavy atom. The van der Waals surface area contributed by atoms with Gasteiger partial charge in [0, 0.05) is 23.7 Å². The summed E-state index contributed by atoms with van der Waals surface area (Å²) in [5.74, 6) is -1.42. The second kappa shape index (κ2) is 9.29. The lowest BCUT2D eigenvalue weighted by Crippen LogP contribution is -2.45. The maximum Gasteiger partial charge on any atom is 0.310 e. The molecule has 1 fully saturated rings. The van der Waals surface area contributed by atoms with E-state index in [0.717, 1.165) is 10.9 Å². The molecule has 4 rings (SSSR count). The molecule has 3 N–H and O–H groups in total. The zero-order valence-corrected chi connectivity index (χ0v) is 18.2. The number of hydrogen-bond donors (Lipinski definition) is 3. The Labute approximate surface area is 188 Å². The van der Waals surface area contributed by atoms with Crippen LogP contribution < -0.4 is 16.2 Å². The van der Waals surface area contributed by atoms with E-state index < -0.39 is 41.7 Å². The van der Waals surface area contributed by atoms with Crippen LogP contribution in [0.25, 0.3) is 10.9 Å². The van der Waals surface area contributed by atoms with Gasteiger partial charge < -0.3 is 29.7 Å². The molecule has 3 atom stereocenters. The number of ether oxygens (including phenoxy) is 2. The van der Waals surface area contributed by atoms with Crippen LogP contribution in [-0.4, -0.2) is 46.3 Å². The van der Waals surface area contributed by atoms with Crippen molar-refractivity contribution in [2.24, 2.45) is 0 Å². The molecule has 172 valence electrons. The van der Waals surface area contributed by atoms with Crippen LogP contribution in [0, 0.1) is 0 Å². The third kappa shape index (κ3) is 4.65. The summed E-state index contributed by atoms with van der Waals surface area (Å²) in [6.45, 7) is 3.62. The minimum Gasteiger partial charge on any atom is -0.433 e. The highest BCUT2D eigenvalue weighted by molar-refractivity contribution is 6.05. The number of anilines is 1. The number of pyridine rings is 1. The summed E-state index contributed by atoms with van der Waals surface area (Å²) in [7, 11) is 0. The first-order valence-corrected chi connectivity index (χ1v) is 10.6. The third-order valence-corrected chi connectivity index (χ3v) is 5.42. The van der Waals surface area contributed by atoms with Gasteiger partial charge in [-0.1, -0.05) is 18.2 Å². The van der Waals surface area contributed by atoms with Gasteiger partial charge >= 0.3 is 5.97 Å². The molecule has 1 aliphatic heterocycles. The van der Waals surface area contributed by atoms with Crippen LogP contribution in [-0.2, 0) is 19.1 Å². The molecule has 0 radical (unpaired) electrons. The van der Waals surface area contributed by atoms with Crippen molar-refractivity contribution in [3.63, 3.8) is 0 Å². The van der Waals surface area contributed by atoms with E-state index >= 15 is 0 Å². The summed E-state index contributed by atoms with van der Waals surface area (Å²) in [5.41, 5.74) is 0.611. The Balaban J connectivity index is 1.49. The first kappa shape index (κ1) is 22.3. The minimum absolute atomic E-state index is 0.0153. The third-order valence-electron chi connectivity index (χ3n) is 5.42. The minimum atomic E-state index is -0.902. The molecule has 2 aromatic heterocycles. The average molecular weight is 452 g/mol. The molecule has 1 unspecified atom stereocenters. The summed E-state index contributed by atoms with van der Waals surface area (Å²) in [6.07, 6.45) is 0.581. The number of carbonyl (C=O) groups is 3. The summed E-state index contributed by atoms with van der Waals surface area (Å²) in [6, 6.07) is 10.6. The number of amides is 2. The van der Waals surface area contributed by atoms with Crippen molar-refractivity contribution in [3.8, 4) is 0 Å². The lowest BCUT2D eigenvalue weighted by atomic mass is 10.2. The Kier molecular flexibility index (Phi) is 6.27. The Morgan fingerprint density at radius 2 is 2.03 bits per heavy atom. The van der Waals surface area contributed by atoms with E-state index in [1.807, 2.05) is 24.3 Å². The normalized spacial score (nSPS) is 18.7. The first-order chi connectivity index (χ1) is 15.9. The topological polar surface area (TPSA) is 132 Å². The number of nitrogens with one attached hydrogen (secondary N) is 3. The number of aromatic amines is 1. The lowest BCUT2D eigenvalue weighted by molar-refractivity contribution is -0.164. The van der Waals surface area contributed by atoms with Crippen LogP contribution in [0.5, 0.6) is 0 Å². The van der Waals surface area contributed by atoms with Gasteiger partial charge in [0.05, 0.1) is 6.42 Å². The van der Waals surface area contributed by atoms with Crippen LogP contribution in [0.1, 0.15) is 36.8 Å². The summed E-state index contributed by atoms with van der Waals surface area (Å²) >= 11 is 0. The number of para-hydroxylation sites is 1. The lowest BCUT2D eigenvalue weighted by Gasteiger charge is -2.21. The van der Waals surface area contributed by atoms with Gasteiger partial charge in [-0.2, -0.15) is 0 Å². The van der Waals surface area contributed by atoms with E-state index in [4.69, 9.17) is 9.47 Å². The monoisotopic (exact) mass is 452 g/mol. The van der Waals surface area contributed by atoms with Gasteiger partial charge in [0.1, 0.15) is 23.5 Å². The molecular weight excluding hydrogens is 428 g/mol. The number of esters is 1. The highest BCUT2D eigenvalue weighted by Gasteiger charge is 2.37. The molecule has 0 aliphatic carbocycles. The fourth-order valence-electron chi connectivity index (χ4n) is 3.69. The second-order valence-electron chi connectivity index (χ2n) is 7.67. The van der Waals surface area contributed by atoms with Crippen LogP contribution in [0.15, 0.2) is 53.5 Å². The molecule has 2 amide bonds. The Hall–Kier alpha value is -3.92. The van der Waals surface area contributed by atoms with Gasteiger partial charge in [-0.25, -0.2) is 0 Å². The number of fused-ring (bicyclic) bond motifs is 1. The molecule has 10 heteroatoms. The first-order valence-electron chi connectivity index (χ1n) is 10.6. The van der Waals surface area contributed by atoms with Crippen molar-refractivity contribution in [1.82, 2.24) is 14.9 Å². The van der Waals surface area contributed by atoms with Gasteiger partial charge in [-0.15, -0.1) is 0 Å². The van der Waals surface area contributed by atoms with Crippen LogP contribution >= 0.6 is 0 Å². The van der Waals surface area contributed by atoms with E-state index in [1.165, 1.54) is 16.8 Å². The molecule has 1 aromatic carbocycles. The van der Waals surface area contributed by atoms with Crippen LogP contribution in [0.3, 0.4) is 0 Å². The molecule has 0 bridgehead atoms. The quantitative estimate of drug-likeness (QED) is 0.470. The number of benzene rings is 1. The zero-order valence-electron chi connectivity index (χ0n) is 18.2. The number of carbonyl (C=O) groups excluding carboxylic acids is 3. The van der Waals surface area contributed by atoms with Crippen LogP contribution in [0.4, 0.5) is 5.69 Å². The SMILES string of the molecule is CCO[C@@H]1OC(=O)C[C@@H]1NC(=O)C(C)n1cccc(NC(=O)c2cc3ccccc3[nH]2)c1=O. The van der Waals surface area contributed by atoms with Crippen molar-refractivity contribution in [1.29, 1.82) is 0 Å². The van der Waals surface area contributed by atoms with Gasteiger partial charge in [0.15, 0.2) is 0 Å². The predicted molar refractivity (Wildman–Crippen MR) is 120 cm³/mol. The van der Waals surface area contributed by atoms with Crippen molar-refractivity contribution < 1.29 is 23.9 Å². The van der Waals surface area contributed by atoms with E-state index in [1.54, 1.807) is 26.0 Å². The number of H-pyrrole nitrogens is 1. The number of aromatic nitrogens is 2. The molecule has 0 saturated carbocycles. The van der Waals surface area contributed by atoms with E-state index in [0.29, 0.717) is 12.3 Å². The number of nitrogens with zero attached hydrogens (tertiary/aromatic N) is 1. The molecule has 3 aromatic rings. The molecule has 1 aliphatic rings. The van der Waals surface area contributed by atoms with Crippen molar-refractivity contribution in [2.45, 2.75) is 38.6 Å². The Morgan fingerprint density at radius 1 is 1.24 bits per heavy atom. The number of rotatable bonds is 7. The Bertz CT molecular complexity index is 1230. The van der Waals surface area contributed by atoms with Gasteiger partial charge in [0.25, 0.3) is 11.5 Å². The number of hydrogen-bond acceptors (Lipinski definition) is 6. The summed E-state index contributed by atoms with van der Waals surface area (Å²) in [4.78, 5) is 53.0. The highest BCUT2D eigenvalue weighted by Crippen LogP contribution is 2.18. The largest absolute Gasteiger partial charge is 0.433 e. The van der Waals surface area contributed by atoms with Crippen molar-refractivity contribution >= 4 is 34.4 Å². The maximum atomic E-state index is 13.0. The average Bonchev–Trinajstić information content (AvgIpc) is 3.38. The van der Waals surface area contributed by atoms with E-state index in [9.17, 15) is 19.2 Å². The molecule has 3 heterocycles. The maximum absolute atomic E-state index is 13.0. The fraction of sp³-hybridized carbons (Fsp3) is 0.304. The van der Waals surface area contributed by atoms with E-state index in [2.05, 4.69) is 15.6 Å². The van der Waals surface area contributed by atoms with Gasteiger partial charge in [-0.3, -0.25) is 19.2 Å². The number of cyclic esters (lactones) is 1. The zero-order chi connectivity index (χ0) is 23.5. The molecular formula is C23H24N4O6. The van der Waals surface area contributed by atoms with Crippen molar-refractivity contribution in [2.75, 3.05) is 11.9 Å². The fourth-order valence-corrected chi connectivity index (χ4v) is 3.69.